The van der Waals surface area contributed by atoms with Crippen LogP contribution in [-0.4, -0.2) is 49.2 Å². The zero-order valence-electron chi connectivity index (χ0n) is 10.3. The molecule has 1 aliphatic carbocycles. The van der Waals surface area contributed by atoms with E-state index in [-0.39, 0.29) is 11.5 Å². The van der Waals surface area contributed by atoms with Gasteiger partial charge in [-0.15, -0.1) is 0 Å². The molecule has 0 spiro atoms. The van der Waals surface area contributed by atoms with Crippen molar-refractivity contribution in [1.82, 2.24) is 10.2 Å². The highest BCUT2D eigenvalue weighted by Crippen LogP contribution is 2.38. The number of rotatable bonds is 3. The van der Waals surface area contributed by atoms with Gasteiger partial charge in [0.2, 0.25) is 5.91 Å². The van der Waals surface area contributed by atoms with Crippen LogP contribution < -0.4 is 5.32 Å². The van der Waals surface area contributed by atoms with Gasteiger partial charge in [-0.25, -0.2) is 0 Å². The van der Waals surface area contributed by atoms with Gasteiger partial charge >= 0.3 is 0 Å². The van der Waals surface area contributed by atoms with Gasteiger partial charge in [-0.3, -0.25) is 4.79 Å². The molecule has 0 aromatic heterocycles. The van der Waals surface area contributed by atoms with Crippen molar-refractivity contribution in [3.63, 3.8) is 0 Å². The summed E-state index contributed by atoms with van der Waals surface area (Å²) in [6.45, 7) is 4.76. The molecule has 2 fully saturated rings. The van der Waals surface area contributed by atoms with Crippen LogP contribution in [0.2, 0.25) is 0 Å². The molecule has 2 rings (SSSR count). The second-order valence-electron chi connectivity index (χ2n) is 5.06. The van der Waals surface area contributed by atoms with Crippen molar-refractivity contribution in [3.05, 3.63) is 0 Å². The van der Waals surface area contributed by atoms with Crippen LogP contribution in [0.3, 0.4) is 0 Å². The van der Waals surface area contributed by atoms with Crippen LogP contribution in [0, 0.1) is 0 Å². The fourth-order valence-corrected chi connectivity index (χ4v) is 2.61. The predicted octanol–water partition coefficient (Wildman–Crippen LogP) is 0.766. The van der Waals surface area contributed by atoms with E-state index in [0.717, 1.165) is 32.5 Å². The number of nitrogens with zero attached hydrogens (tertiary/aromatic N) is 1. The lowest BCUT2D eigenvalue weighted by Crippen LogP contribution is -2.54. The Morgan fingerprint density at radius 1 is 1.56 bits per heavy atom. The standard InChI is InChI=1S/C12H22N2O2/c1-10-9-13-6-7-14(10)11(15)8-12(16-2)4-3-5-12/h10,13H,3-9H2,1-2H3/t10-/m0/s1. The normalized spacial score (nSPS) is 28.6. The molecular formula is C12H22N2O2. The van der Waals surface area contributed by atoms with Gasteiger partial charge in [0.1, 0.15) is 0 Å². The maximum atomic E-state index is 12.2. The first kappa shape index (κ1) is 11.9. The second kappa shape index (κ2) is 4.72. The van der Waals surface area contributed by atoms with E-state index in [1.54, 1.807) is 7.11 Å². The van der Waals surface area contributed by atoms with E-state index in [1.165, 1.54) is 6.42 Å². The highest BCUT2D eigenvalue weighted by Gasteiger charge is 2.40. The Morgan fingerprint density at radius 3 is 2.81 bits per heavy atom. The molecule has 0 aromatic carbocycles. The molecule has 1 amide bonds. The number of carbonyl (C=O) groups is 1. The maximum Gasteiger partial charge on any atom is 0.225 e. The van der Waals surface area contributed by atoms with Crippen molar-refractivity contribution in [2.24, 2.45) is 0 Å². The highest BCUT2D eigenvalue weighted by atomic mass is 16.5. The van der Waals surface area contributed by atoms with Crippen LogP contribution >= 0.6 is 0 Å². The molecule has 0 aromatic rings. The molecule has 0 bridgehead atoms. The van der Waals surface area contributed by atoms with Gasteiger partial charge in [0.15, 0.2) is 0 Å². The summed E-state index contributed by atoms with van der Waals surface area (Å²) >= 11 is 0. The zero-order chi connectivity index (χ0) is 11.6. The fraction of sp³-hybridized carbons (Fsp3) is 0.917. The third kappa shape index (κ3) is 2.23. The van der Waals surface area contributed by atoms with Gasteiger partial charge < -0.3 is 15.0 Å². The van der Waals surface area contributed by atoms with Crippen molar-refractivity contribution in [1.29, 1.82) is 0 Å². The predicted molar refractivity (Wildman–Crippen MR) is 62.3 cm³/mol. The molecule has 1 saturated carbocycles. The van der Waals surface area contributed by atoms with Crippen molar-refractivity contribution in [2.45, 2.75) is 44.2 Å². The monoisotopic (exact) mass is 226 g/mol. The fourth-order valence-electron chi connectivity index (χ4n) is 2.61. The van der Waals surface area contributed by atoms with Crippen LogP contribution in [0.1, 0.15) is 32.6 Å². The van der Waals surface area contributed by atoms with Crippen molar-refractivity contribution in [2.75, 3.05) is 26.7 Å². The van der Waals surface area contributed by atoms with Crippen LogP contribution in [0.4, 0.5) is 0 Å². The molecule has 1 saturated heterocycles. The van der Waals surface area contributed by atoms with E-state index in [2.05, 4.69) is 12.2 Å². The van der Waals surface area contributed by atoms with E-state index in [1.807, 2.05) is 4.90 Å². The molecule has 16 heavy (non-hydrogen) atoms. The number of hydrogen-bond acceptors (Lipinski definition) is 3. The molecule has 0 radical (unpaired) electrons. The summed E-state index contributed by atoms with van der Waals surface area (Å²) in [4.78, 5) is 14.2. The van der Waals surface area contributed by atoms with Gasteiger partial charge in [-0.2, -0.15) is 0 Å². The smallest absolute Gasteiger partial charge is 0.225 e. The molecule has 92 valence electrons. The highest BCUT2D eigenvalue weighted by molar-refractivity contribution is 5.78. The number of hydrogen-bond donors (Lipinski definition) is 1. The third-order valence-electron chi connectivity index (χ3n) is 3.99. The first-order valence-electron chi connectivity index (χ1n) is 6.22. The van der Waals surface area contributed by atoms with Gasteiger partial charge in [0.05, 0.1) is 12.0 Å². The van der Waals surface area contributed by atoms with Crippen molar-refractivity contribution < 1.29 is 9.53 Å². The average Bonchev–Trinajstić information content (AvgIpc) is 2.24. The minimum Gasteiger partial charge on any atom is -0.378 e. The summed E-state index contributed by atoms with van der Waals surface area (Å²) in [6, 6.07) is 0.315. The van der Waals surface area contributed by atoms with E-state index in [9.17, 15) is 4.79 Å². The summed E-state index contributed by atoms with van der Waals surface area (Å²) in [5.74, 6) is 0.260. The SMILES string of the molecule is COC1(CC(=O)N2CCNC[C@@H]2C)CCC1. The number of nitrogens with one attached hydrogen (secondary N) is 1. The number of ether oxygens (including phenoxy) is 1. The molecular weight excluding hydrogens is 204 g/mol. The van der Waals surface area contributed by atoms with Gasteiger partial charge in [-0.1, -0.05) is 0 Å². The summed E-state index contributed by atoms with van der Waals surface area (Å²) < 4.78 is 5.51. The quantitative estimate of drug-likeness (QED) is 0.772. The van der Waals surface area contributed by atoms with Crippen molar-refractivity contribution >= 4 is 5.91 Å². The van der Waals surface area contributed by atoms with E-state index in [4.69, 9.17) is 4.74 Å². The van der Waals surface area contributed by atoms with Crippen LogP contribution in [-0.2, 0) is 9.53 Å². The molecule has 1 atom stereocenters. The summed E-state index contributed by atoms with van der Waals surface area (Å²) in [7, 11) is 1.73. The minimum atomic E-state index is -0.137. The van der Waals surface area contributed by atoms with Crippen LogP contribution in [0.25, 0.3) is 0 Å². The first-order valence-corrected chi connectivity index (χ1v) is 6.22. The molecule has 1 N–H and O–H groups in total. The lowest BCUT2D eigenvalue weighted by molar-refractivity contribution is -0.146. The lowest BCUT2D eigenvalue weighted by Gasteiger charge is -2.42. The molecule has 0 unspecified atom stereocenters. The van der Waals surface area contributed by atoms with Crippen LogP contribution in [0.15, 0.2) is 0 Å². The Hall–Kier alpha value is -0.610. The summed E-state index contributed by atoms with van der Waals surface area (Å²) in [5.41, 5.74) is -0.137. The molecule has 1 heterocycles. The lowest BCUT2D eigenvalue weighted by atomic mass is 9.77. The third-order valence-corrected chi connectivity index (χ3v) is 3.99. The number of carbonyl (C=O) groups excluding carboxylic acids is 1. The topological polar surface area (TPSA) is 41.6 Å². The van der Waals surface area contributed by atoms with E-state index >= 15 is 0 Å². The van der Waals surface area contributed by atoms with E-state index in [0.29, 0.717) is 12.5 Å². The number of piperazine rings is 1. The summed E-state index contributed by atoms with van der Waals surface area (Å²) in [5, 5.41) is 3.30. The molecule has 1 aliphatic heterocycles. The second-order valence-corrected chi connectivity index (χ2v) is 5.06. The first-order chi connectivity index (χ1) is 7.67. The van der Waals surface area contributed by atoms with Crippen molar-refractivity contribution in [3.8, 4) is 0 Å². The largest absolute Gasteiger partial charge is 0.378 e. The zero-order valence-corrected chi connectivity index (χ0v) is 10.3. The Morgan fingerprint density at radius 2 is 2.31 bits per heavy atom. The Bertz CT molecular complexity index is 258. The summed E-state index contributed by atoms with van der Waals surface area (Å²) in [6.07, 6.45) is 3.83. The molecule has 4 heteroatoms. The van der Waals surface area contributed by atoms with Gasteiger partial charge in [-0.05, 0) is 26.2 Å². The number of methoxy groups -OCH3 is 1. The van der Waals surface area contributed by atoms with E-state index < -0.39 is 0 Å². The Labute approximate surface area is 97.3 Å². The Kier molecular flexibility index (Phi) is 3.50. The minimum absolute atomic E-state index is 0.137. The maximum absolute atomic E-state index is 12.2. The molecule has 2 aliphatic rings. The van der Waals surface area contributed by atoms with Gasteiger partial charge in [0.25, 0.3) is 0 Å². The van der Waals surface area contributed by atoms with Gasteiger partial charge in [0, 0.05) is 32.8 Å². The average molecular weight is 226 g/mol. The Balaban J connectivity index is 1.91. The van der Waals surface area contributed by atoms with Crippen LogP contribution in [0.5, 0.6) is 0 Å². The molecule has 4 nitrogen and oxygen atoms in total. The number of amides is 1.